The molecule has 1 saturated heterocycles. The third kappa shape index (κ3) is 2.08. The smallest absolute Gasteiger partial charge is 0.275 e. The maximum absolute atomic E-state index is 13.6. The lowest BCUT2D eigenvalue weighted by Gasteiger charge is -2.32. The zero-order valence-corrected chi connectivity index (χ0v) is 15.3. The summed E-state index contributed by atoms with van der Waals surface area (Å²) in [4.78, 5) is 40.7. The molecule has 0 aliphatic carbocycles. The number of carbonyl (C=O) groups excluding carboxylic acids is 3. The minimum Gasteiger partial charge on any atom is -0.283 e. The molecule has 6 heteroatoms. The molecule has 3 amide bonds. The van der Waals surface area contributed by atoms with Gasteiger partial charge in [0, 0.05) is 17.7 Å². The van der Waals surface area contributed by atoms with E-state index in [2.05, 4.69) is 0 Å². The predicted octanol–water partition coefficient (Wildman–Crippen LogP) is 3.29. The minimum atomic E-state index is -1.24. The van der Waals surface area contributed by atoms with Crippen LogP contribution in [0.3, 0.4) is 0 Å². The molecule has 26 heavy (non-hydrogen) atoms. The molecule has 2 aliphatic heterocycles. The van der Waals surface area contributed by atoms with Gasteiger partial charge in [-0.3, -0.25) is 19.3 Å². The van der Waals surface area contributed by atoms with Crippen molar-refractivity contribution in [3.05, 3.63) is 60.2 Å². The number of rotatable bonds is 2. The number of hydrogen-bond acceptors (Lipinski definition) is 4. The van der Waals surface area contributed by atoms with Crippen molar-refractivity contribution in [1.29, 1.82) is 0 Å². The van der Waals surface area contributed by atoms with Crippen LogP contribution in [0.5, 0.6) is 0 Å². The molecule has 1 spiro atoms. The molecule has 2 aliphatic rings. The van der Waals surface area contributed by atoms with Crippen LogP contribution in [0.2, 0.25) is 0 Å². The molecule has 2 atom stereocenters. The molecule has 0 N–H and O–H groups in total. The van der Waals surface area contributed by atoms with Crippen LogP contribution in [0.4, 0.5) is 11.4 Å². The quantitative estimate of drug-likeness (QED) is 0.818. The van der Waals surface area contributed by atoms with E-state index < -0.39 is 4.87 Å². The van der Waals surface area contributed by atoms with Gasteiger partial charge in [0.2, 0.25) is 16.7 Å². The lowest BCUT2D eigenvalue weighted by atomic mass is 10.0. The molecule has 2 unspecified atom stereocenters. The monoisotopic (exact) mass is 366 g/mol. The zero-order chi connectivity index (χ0) is 18.5. The fraction of sp³-hybridized carbons (Fsp3) is 0.250. The van der Waals surface area contributed by atoms with Crippen LogP contribution in [0, 0.1) is 0 Å². The van der Waals surface area contributed by atoms with Crippen LogP contribution >= 0.6 is 11.8 Å². The molecular formula is C20H18N2O3S. The van der Waals surface area contributed by atoms with Crippen molar-refractivity contribution in [2.45, 2.75) is 30.4 Å². The summed E-state index contributed by atoms with van der Waals surface area (Å²) in [6, 6.07) is 16.4. The molecule has 0 bridgehead atoms. The number of thioether (sulfide) groups is 1. The number of nitrogens with zero attached hydrogens (tertiary/aromatic N) is 2. The Morgan fingerprint density at radius 1 is 1.08 bits per heavy atom. The summed E-state index contributed by atoms with van der Waals surface area (Å²) in [5, 5.41) is -0.385. The van der Waals surface area contributed by atoms with Crippen molar-refractivity contribution >= 4 is 40.9 Å². The first-order chi connectivity index (χ1) is 12.5. The highest BCUT2D eigenvalue weighted by Gasteiger charge is 2.63. The maximum Gasteiger partial charge on any atom is 0.275 e. The summed E-state index contributed by atoms with van der Waals surface area (Å²) in [7, 11) is 0. The number of hydrogen-bond donors (Lipinski definition) is 0. The Bertz CT molecular complexity index is 914. The van der Waals surface area contributed by atoms with Crippen molar-refractivity contribution in [3.8, 4) is 0 Å². The predicted molar refractivity (Wildman–Crippen MR) is 102 cm³/mol. The van der Waals surface area contributed by atoms with Gasteiger partial charge in [0.25, 0.3) is 5.91 Å². The Hall–Kier alpha value is -2.60. The summed E-state index contributed by atoms with van der Waals surface area (Å²) in [6.07, 6.45) is 0.218. The summed E-state index contributed by atoms with van der Waals surface area (Å²) < 4.78 is 0. The van der Waals surface area contributed by atoms with Gasteiger partial charge in [0.05, 0.1) is 10.9 Å². The summed E-state index contributed by atoms with van der Waals surface area (Å²) >= 11 is 1.30. The molecule has 0 aromatic heterocycles. The highest BCUT2D eigenvalue weighted by atomic mass is 32.2. The van der Waals surface area contributed by atoms with Crippen LogP contribution in [0.1, 0.15) is 25.8 Å². The van der Waals surface area contributed by atoms with Crippen molar-refractivity contribution in [2.75, 3.05) is 9.80 Å². The lowest BCUT2D eigenvalue weighted by Crippen LogP contribution is -2.51. The maximum atomic E-state index is 13.6. The van der Waals surface area contributed by atoms with Crippen molar-refractivity contribution < 1.29 is 14.4 Å². The molecule has 5 nitrogen and oxygen atoms in total. The van der Waals surface area contributed by atoms with Crippen molar-refractivity contribution in [2.24, 2.45) is 0 Å². The molecule has 0 saturated carbocycles. The number of imide groups is 1. The van der Waals surface area contributed by atoms with Crippen molar-refractivity contribution in [1.82, 2.24) is 0 Å². The molecule has 4 rings (SSSR count). The van der Waals surface area contributed by atoms with E-state index in [-0.39, 0.29) is 29.4 Å². The lowest BCUT2D eigenvalue weighted by molar-refractivity contribution is -0.128. The van der Waals surface area contributed by atoms with Crippen molar-refractivity contribution in [3.63, 3.8) is 0 Å². The first kappa shape index (κ1) is 16.8. The van der Waals surface area contributed by atoms with Gasteiger partial charge in [-0.05, 0) is 25.1 Å². The molecule has 2 aromatic rings. The van der Waals surface area contributed by atoms with Gasteiger partial charge in [0.15, 0.2) is 0 Å². The zero-order valence-electron chi connectivity index (χ0n) is 14.5. The first-order valence-corrected chi connectivity index (χ1v) is 9.44. The third-order valence-corrected chi connectivity index (χ3v) is 6.27. The van der Waals surface area contributed by atoms with E-state index in [1.165, 1.54) is 16.7 Å². The topological polar surface area (TPSA) is 57.7 Å². The fourth-order valence-electron chi connectivity index (χ4n) is 3.65. The highest BCUT2D eigenvalue weighted by molar-refractivity contribution is 8.03. The molecule has 2 heterocycles. The van der Waals surface area contributed by atoms with Crippen LogP contribution in [-0.4, -0.2) is 23.0 Å². The van der Waals surface area contributed by atoms with E-state index in [1.54, 1.807) is 30.9 Å². The number of carbonyl (C=O) groups is 3. The Morgan fingerprint density at radius 3 is 2.42 bits per heavy atom. The van der Waals surface area contributed by atoms with Gasteiger partial charge < -0.3 is 0 Å². The van der Waals surface area contributed by atoms with E-state index >= 15 is 0 Å². The summed E-state index contributed by atoms with van der Waals surface area (Å²) in [6.45, 7) is 3.53. The van der Waals surface area contributed by atoms with Gasteiger partial charge in [-0.1, -0.05) is 43.3 Å². The number of para-hydroxylation sites is 2. The number of anilines is 2. The van der Waals surface area contributed by atoms with Gasteiger partial charge >= 0.3 is 0 Å². The van der Waals surface area contributed by atoms with Crippen LogP contribution in [0.15, 0.2) is 54.6 Å². The second-order valence-electron chi connectivity index (χ2n) is 6.32. The Kier molecular flexibility index (Phi) is 3.88. The Labute approximate surface area is 156 Å². The fourth-order valence-corrected chi connectivity index (χ4v) is 5.16. The highest BCUT2D eigenvalue weighted by Crippen LogP contribution is 2.57. The Morgan fingerprint density at radius 2 is 1.73 bits per heavy atom. The average molecular weight is 366 g/mol. The van der Waals surface area contributed by atoms with Crippen LogP contribution in [-0.2, 0) is 19.3 Å². The van der Waals surface area contributed by atoms with E-state index in [9.17, 15) is 14.4 Å². The standard InChI is InChI=1S/C20H18N2O3S/c1-3-17(23)21-16-12-8-7-11-15(16)20(19(21)25)22(18(24)13(2)26-20)14-9-5-4-6-10-14/h4-13H,3H2,1-2H3. The molecule has 2 aromatic carbocycles. The van der Waals surface area contributed by atoms with Gasteiger partial charge in [-0.15, -0.1) is 11.8 Å². The number of fused-ring (bicyclic) bond motifs is 2. The molecular weight excluding hydrogens is 348 g/mol. The van der Waals surface area contributed by atoms with Gasteiger partial charge in [0.1, 0.15) is 0 Å². The second-order valence-corrected chi connectivity index (χ2v) is 7.85. The average Bonchev–Trinajstić information content (AvgIpc) is 3.07. The molecule has 1 fully saturated rings. The SMILES string of the molecule is CCC(=O)N1C(=O)C2(SC(C)C(=O)N2c2ccccc2)c2ccccc21. The van der Waals surface area contributed by atoms with E-state index in [0.717, 1.165) is 0 Å². The van der Waals surface area contributed by atoms with E-state index in [1.807, 2.05) is 42.5 Å². The van der Waals surface area contributed by atoms with E-state index in [0.29, 0.717) is 16.9 Å². The number of amides is 3. The van der Waals surface area contributed by atoms with Gasteiger partial charge in [-0.2, -0.15) is 0 Å². The number of benzene rings is 2. The van der Waals surface area contributed by atoms with Crippen LogP contribution in [0.25, 0.3) is 0 Å². The normalized spacial score (nSPS) is 24.5. The summed E-state index contributed by atoms with van der Waals surface area (Å²) in [5.74, 6) is -0.757. The molecule has 0 radical (unpaired) electrons. The van der Waals surface area contributed by atoms with Crippen LogP contribution < -0.4 is 9.80 Å². The third-order valence-electron chi connectivity index (χ3n) is 4.80. The molecule has 132 valence electrons. The summed E-state index contributed by atoms with van der Waals surface area (Å²) in [5.41, 5.74) is 1.92. The first-order valence-electron chi connectivity index (χ1n) is 8.56. The minimum absolute atomic E-state index is 0.129. The second kappa shape index (κ2) is 5.99. The van der Waals surface area contributed by atoms with E-state index in [4.69, 9.17) is 0 Å². The Balaban J connectivity index is 1.98. The largest absolute Gasteiger partial charge is 0.283 e. The van der Waals surface area contributed by atoms with Gasteiger partial charge in [-0.25, -0.2) is 4.90 Å².